The predicted molar refractivity (Wildman–Crippen MR) is 77.4 cm³/mol. The van der Waals surface area contributed by atoms with Gasteiger partial charge in [0.15, 0.2) is 0 Å². The van der Waals surface area contributed by atoms with Crippen molar-refractivity contribution in [3.63, 3.8) is 0 Å². The summed E-state index contributed by atoms with van der Waals surface area (Å²) < 4.78 is 0. The van der Waals surface area contributed by atoms with E-state index in [4.69, 9.17) is 17.3 Å². The standard InChI is InChI=1S/C12H18ClN3O.ClH/c13-9-1-2-11(14)10(7-9)12(8-17)16-5-3-15-4-6-16;/h1-2,7,12,15,17H,3-6,8,14H2;1H/t12-;/m0./s1. The van der Waals surface area contributed by atoms with Crippen molar-refractivity contribution in [2.45, 2.75) is 6.04 Å². The van der Waals surface area contributed by atoms with Crippen molar-refractivity contribution in [1.29, 1.82) is 0 Å². The molecule has 1 saturated heterocycles. The summed E-state index contributed by atoms with van der Waals surface area (Å²) in [4.78, 5) is 2.23. The van der Waals surface area contributed by atoms with Crippen LogP contribution in [0.15, 0.2) is 18.2 Å². The number of halogens is 2. The lowest BCUT2D eigenvalue weighted by molar-refractivity contribution is 0.111. The van der Waals surface area contributed by atoms with Gasteiger partial charge >= 0.3 is 0 Å². The lowest BCUT2D eigenvalue weighted by Gasteiger charge is -2.34. The summed E-state index contributed by atoms with van der Waals surface area (Å²) in [7, 11) is 0. The van der Waals surface area contributed by atoms with E-state index in [9.17, 15) is 5.11 Å². The molecule has 6 heteroatoms. The van der Waals surface area contributed by atoms with Crippen molar-refractivity contribution in [2.75, 3.05) is 38.5 Å². The summed E-state index contributed by atoms with van der Waals surface area (Å²) in [6.45, 7) is 3.77. The van der Waals surface area contributed by atoms with Gasteiger partial charge in [0.1, 0.15) is 0 Å². The van der Waals surface area contributed by atoms with Gasteiger partial charge in [0.2, 0.25) is 0 Å². The molecule has 4 N–H and O–H groups in total. The highest BCUT2D eigenvalue weighted by Gasteiger charge is 2.23. The van der Waals surface area contributed by atoms with Crippen molar-refractivity contribution in [1.82, 2.24) is 10.2 Å². The summed E-state index contributed by atoms with van der Waals surface area (Å²) in [5.41, 5.74) is 7.57. The molecule has 1 aromatic carbocycles. The second kappa shape index (κ2) is 7.16. The highest BCUT2D eigenvalue weighted by atomic mass is 35.5. The van der Waals surface area contributed by atoms with Crippen molar-refractivity contribution in [3.8, 4) is 0 Å². The van der Waals surface area contributed by atoms with Crippen molar-refractivity contribution in [2.24, 2.45) is 0 Å². The maximum atomic E-state index is 9.59. The van der Waals surface area contributed by atoms with E-state index in [1.807, 2.05) is 6.07 Å². The molecule has 0 amide bonds. The number of nitrogens with two attached hydrogens (primary N) is 1. The molecule has 1 fully saturated rings. The minimum Gasteiger partial charge on any atom is -0.398 e. The van der Waals surface area contributed by atoms with Gasteiger partial charge in [-0.15, -0.1) is 12.4 Å². The van der Waals surface area contributed by atoms with E-state index >= 15 is 0 Å². The smallest absolute Gasteiger partial charge is 0.0629 e. The van der Waals surface area contributed by atoms with Crippen molar-refractivity contribution >= 4 is 29.7 Å². The maximum Gasteiger partial charge on any atom is 0.0629 e. The molecule has 0 unspecified atom stereocenters. The average molecular weight is 292 g/mol. The van der Waals surface area contributed by atoms with Crippen molar-refractivity contribution < 1.29 is 5.11 Å². The number of hydrogen-bond acceptors (Lipinski definition) is 4. The number of nitrogen functional groups attached to an aromatic ring is 1. The van der Waals surface area contributed by atoms with Gasteiger partial charge in [-0.3, -0.25) is 4.90 Å². The summed E-state index contributed by atoms with van der Waals surface area (Å²) in [5, 5.41) is 13.5. The quantitative estimate of drug-likeness (QED) is 0.735. The number of aliphatic hydroxyl groups excluding tert-OH is 1. The largest absolute Gasteiger partial charge is 0.398 e. The second-order valence-electron chi connectivity index (χ2n) is 4.26. The van der Waals surface area contributed by atoms with Crippen LogP contribution in [0.1, 0.15) is 11.6 Å². The number of piperazine rings is 1. The molecule has 1 heterocycles. The Morgan fingerprint density at radius 2 is 2.06 bits per heavy atom. The van der Waals surface area contributed by atoms with Gasteiger partial charge in [0.25, 0.3) is 0 Å². The Morgan fingerprint density at radius 3 is 2.67 bits per heavy atom. The molecule has 0 spiro atoms. The average Bonchev–Trinajstić information content (AvgIpc) is 2.36. The van der Waals surface area contributed by atoms with E-state index in [1.165, 1.54) is 0 Å². The molecule has 18 heavy (non-hydrogen) atoms. The Labute approximate surface area is 119 Å². The number of aliphatic hydroxyl groups is 1. The lowest BCUT2D eigenvalue weighted by Crippen LogP contribution is -2.46. The molecule has 102 valence electrons. The number of nitrogens with zero attached hydrogens (tertiary/aromatic N) is 1. The monoisotopic (exact) mass is 291 g/mol. The molecular formula is C12H19Cl2N3O. The Morgan fingerprint density at radius 1 is 1.39 bits per heavy atom. The Balaban J connectivity index is 0.00000162. The predicted octanol–water partition coefficient (Wildman–Crippen LogP) is 1.28. The molecule has 2 rings (SSSR count). The van der Waals surface area contributed by atoms with Crippen LogP contribution in [0.3, 0.4) is 0 Å². The van der Waals surface area contributed by atoms with Gasteiger partial charge in [-0.25, -0.2) is 0 Å². The zero-order chi connectivity index (χ0) is 12.3. The molecule has 0 aromatic heterocycles. The number of rotatable bonds is 3. The first-order valence-corrected chi connectivity index (χ1v) is 6.20. The van der Waals surface area contributed by atoms with Gasteiger partial charge < -0.3 is 16.2 Å². The molecule has 1 aliphatic heterocycles. The third-order valence-corrected chi connectivity index (χ3v) is 3.41. The number of anilines is 1. The van der Waals surface area contributed by atoms with E-state index in [0.29, 0.717) is 10.7 Å². The van der Waals surface area contributed by atoms with Crippen LogP contribution in [0.25, 0.3) is 0 Å². The summed E-state index contributed by atoms with van der Waals surface area (Å²) in [5.74, 6) is 0. The van der Waals surface area contributed by atoms with Gasteiger partial charge in [0, 0.05) is 36.9 Å². The van der Waals surface area contributed by atoms with E-state index in [2.05, 4.69) is 10.2 Å². The molecular weight excluding hydrogens is 273 g/mol. The minimum absolute atomic E-state index is 0. The fourth-order valence-electron chi connectivity index (χ4n) is 2.24. The highest BCUT2D eigenvalue weighted by molar-refractivity contribution is 6.30. The Hall–Kier alpha value is -0.520. The van der Waals surface area contributed by atoms with Crippen molar-refractivity contribution in [3.05, 3.63) is 28.8 Å². The first-order chi connectivity index (χ1) is 8.22. The number of hydrogen-bond donors (Lipinski definition) is 3. The summed E-state index contributed by atoms with van der Waals surface area (Å²) in [6.07, 6.45) is 0. The first kappa shape index (κ1) is 15.5. The van der Waals surface area contributed by atoms with Crippen LogP contribution in [0, 0.1) is 0 Å². The van der Waals surface area contributed by atoms with Gasteiger partial charge in [-0.1, -0.05) is 11.6 Å². The van der Waals surface area contributed by atoms with E-state index < -0.39 is 0 Å². The van der Waals surface area contributed by atoms with Crippen LogP contribution in [0.4, 0.5) is 5.69 Å². The number of nitrogens with one attached hydrogen (secondary N) is 1. The summed E-state index contributed by atoms with van der Waals surface area (Å²) in [6, 6.07) is 5.35. The molecule has 1 atom stereocenters. The van der Waals surface area contributed by atoms with Crippen LogP contribution in [-0.4, -0.2) is 42.8 Å². The molecule has 0 saturated carbocycles. The zero-order valence-electron chi connectivity index (χ0n) is 10.1. The minimum atomic E-state index is -0.0594. The summed E-state index contributed by atoms with van der Waals surface area (Å²) >= 11 is 5.99. The molecule has 0 aliphatic carbocycles. The Bertz CT molecular complexity index is 384. The SMILES string of the molecule is Cl.Nc1ccc(Cl)cc1[C@H](CO)N1CCNCC1. The topological polar surface area (TPSA) is 61.5 Å². The lowest BCUT2D eigenvalue weighted by atomic mass is 10.0. The van der Waals surface area contributed by atoms with E-state index in [0.717, 1.165) is 31.7 Å². The first-order valence-electron chi connectivity index (χ1n) is 5.83. The third kappa shape index (κ3) is 3.49. The number of benzene rings is 1. The Kier molecular flexibility index (Phi) is 6.18. The van der Waals surface area contributed by atoms with Crippen LogP contribution in [-0.2, 0) is 0 Å². The van der Waals surface area contributed by atoms with Gasteiger partial charge in [-0.2, -0.15) is 0 Å². The van der Waals surface area contributed by atoms with Gasteiger partial charge in [-0.05, 0) is 23.8 Å². The maximum absolute atomic E-state index is 9.59. The van der Waals surface area contributed by atoms with Crippen LogP contribution in [0.2, 0.25) is 5.02 Å². The fraction of sp³-hybridized carbons (Fsp3) is 0.500. The van der Waals surface area contributed by atoms with E-state index in [-0.39, 0.29) is 25.1 Å². The van der Waals surface area contributed by atoms with E-state index in [1.54, 1.807) is 12.1 Å². The van der Waals surface area contributed by atoms with Crippen LogP contribution in [0.5, 0.6) is 0 Å². The highest BCUT2D eigenvalue weighted by Crippen LogP contribution is 2.28. The molecule has 1 aliphatic rings. The second-order valence-corrected chi connectivity index (χ2v) is 4.69. The van der Waals surface area contributed by atoms with Crippen LogP contribution >= 0.6 is 24.0 Å². The molecule has 0 radical (unpaired) electrons. The molecule has 0 bridgehead atoms. The molecule has 1 aromatic rings. The third-order valence-electron chi connectivity index (χ3n) is 3.17. The molecule has 4 nitrogen and oxygen atoms in total. The van der Waals surface area contributed by atoms with Crippen LogP contribution < -0.4 is 11.1 Å². The van der Waals surface area contributed by atoms with Gasteiger partial charge in [0.05, 0.1) is 12.6 Å². The zero-order valence-corrected chi connectivity index (χ0v) is 11.7. The fourth-order valence-corrected chi connectivity index (χ4v) is 2.42. The normalized spacial score (nSPS) is 18.1.